The van der Waals surface area contributed by atoms with Gasteiger partial charge in [-0.05, 0) is 52.1 Å². The summed E-state index contributed by atoms with van der Waals surface area (Å²) in [6.07, 6.45) is 1.61. The Kier molecular flexibility index (Phi) is 7.20. The summed E-state index contributed by atoms with van der Waals surface area (Å²) in [5.41, 5.74) is 3.79. The molecule has 3 aromatic rings. The van der Waals surface area contributed by atoms with Crippen molar-refractivity contribution in [3.8, 4) is 0 Å². The lowest BCUT2D eigenvalue weighted by Gasteiger charge is -2.19. The van der Waals surface area contributed by atoms with Gasteiger partial charge in [0, 0.05) is 11.3 Å². The molecule has 174 valence electrons. The van der Waals surface area contributed by atoms with Crippen LogP contribution in [0.3, 0.4) is 0 Å². The molecule has 1 aliphatic rings. The van der Waals surface area contributed by atoms with Crippen LogP contribution in [0.2, 0.25) is 0 Å². The van der Waals surface area contributed by atoms with Gasteiger partial charge in [0.05, 0.1) is 4.91 Å². The normalized spacial score (nSPS) is 15.0. The highest BCUT2D eigenvalue weighted by Gasteiger charge is 2.24. The first kappa shape index (κ1) is 24.2. The zero-order valence-corrected chi connectivity index (χ0v) is 21.2. The lowest BCUT2D eigenvalue weighted by atomic mass is 9.87. The number of thioether (sulfide) groups is 2. The van der Waals surface area contributed by atoms with Crippen LogP contribution in [0.5, 0.6) is 0 Å². The lowest BCUT2D eigenvalue weighted by molar-refractivity contribution is -0.115. The van der Waals surface area contributed by atoms with Gasteiger partial charge in [0.15, 0.2) is 4.34 Å². The van der Waals surface area contributed by atoms with Gasteiger partial charge in [-0.25, -0.2) is 0 Å². The van der Waals surface area contributed by atoms with Crippen LogP contribution in [0.1, 0.15) is 47.8 Å². The Morgan fingerprint density at radius 1 is 1.06 bits per heavy atom. The van der Waals surface area contributed by atoms with Gasteiger partial charge in [0.25, 0.3) is 17.1 Å². The highest BCUT2D eigenvalue weighted by atomic mass is 32.2. The van der Waals surface area contributed by atoms with Gasteiger partial charge in [-0.15, -0.1) is 10.2 Å². The number of amides is 3. The van der Waals surface area contributed by atoms with E-state index in [9.17, 15) is 14.4 Å². The summed E-state index contributed by atoms with van der Waals surface area (Å²) in [6.45, 7) is 6.58. The zero-order valence-electron chi connectivity index (χ0n) is 18.7. The summed E-state index contributed by atoms with van der Waals surface area (Å²) in [6, 6.07) is 15.3. The number of aromatic nitrogens is 2. The Morgan fingerprint density at radius 2 is 1.76 bits per heavy atom. The number of nitrogens with one attached hydrogen (secondary N) is 2. The quantitative estimate of drug-likeness (QED) is 0.249. The molecule has 3 amide bonds. The second-order valence-corrected chi connectivity index (χ2v) is 11.8. The van der Waals surface area contributed by atoms with E-state index in [0.717, 1.165) is 21.9 Å². The number of imide groups is 1. The first-order chi connectivity index (χ1) is 16.2. The molecule has 0 atom stereocenters. The minimum Gasteiger partial charge on any atom is -0.296 e. The summed E-state index contributed by atoms with van der Waals surface area (Å²) in [7, 11) is 0. The van der Waals surface area contributed by atoms with Crippen molar-refractivity contribution < 1.29 is 14.4 Å². The van der Waals surface area contributed by atoms with Crippen LogP contribution < -0.4 is 10.6 Å². The third kappa shape index (κ3) is 6.13. The van der Waals surface area contributed by atoms with E-state index in [2.05, 4.69) is 65.9 Å². The molecule has 0 bridgehead atoms. The largest absolute Gasteiger partial charge is 0.296 e. The van der Waals surface area contributed by atoms with Crippen molar-refractivity contribution in [2.75, 3.05) is 5.32 Å². The fraction of sp³-hybridized carbons (Fsp3) is 0.208. The molecule has 0 aliphatic carbocycles. The SMILES string of the molecule is CC(C)(C)c1ccc(CSc2nnc(NC(=O)c3ccc(/C=C4\SC(=O)NC4=O)cc3)s2)cc1. The minimum absolute atomic E-state index is 0.127. The molecule has 1 fully saturated rings. The number of anilines is 1. The minimum atomic E-state index is -0.413. The first-order valence-corrected chi connectivity index (χ1v) is 13.0. The summed E-state index contributed by atoms with van der Waals surface area (Å²) < 4.78 is 0.777. The van der Waals surface area contributed by atoms with Crippen molar-refractivity contribution in [2.24, 2.45) is 0 Å². The van der Waals surface area contributed by atoms with E-state index in [0.29, 0.717) is 21.2 Å². The van der Waals surface area contributed by atoms with Crippen molar-refractivity contribution in [3.05, 3.63) is 75.7 Å². The Labute approximate surface area is 209 Å². The summed E-state index contributed by atoms with van der Waals surface area (Å²) >= 11 is 3.76. The fourth-order valence-corrected chi connectivity index (χ4v) is 5.42. The molecule has 2 aromatic carbocycles. The molecule has 2 N–H and O–H groups in total. The van der Waals surface area contributed by atoms with Crippen LogP contribution in [0.4, 0.5) is 9.93 Å². The second kappa shape index (κ2) is 10.1. The third-order valence-corrected chi connectivity index (χ3v) is 7.78. The van der Waals surface area contributed by atoms with Gasteiger partial charge >= 0.3 is 0 Å². The number of carbonyl (C=O) groups is 3. The lowest BCUT2D eigenvalue weighted by Crippen LogP contribution is -2.17. The summed E-state index contributed by atoms with van der Waals surface area (Å²) in [5, 5.41) is 13.3. The van der Waals surface area contributed by atoms with Crippen molar-refractivity contribution in [1.82, 2.24) is 15.5 Å². The molecule has 4 rings (SSSR count). The van der Waals surface area contributed by atoms with E-state index in [1.54, 1.807) is 42.1 Å². The average molecular weight is 511 g/mol. The highest BCUT2D eigenvalue weighted by Crippen LogP contribution is 2.30. The molecule has 1 aromatic heterocycles. The number of benzene rings is 2. The van der Waals surface area contributed by atoms with E-state index >= 15 is 0 Å². The van der Waals surface area contributed by atoms with Gasteiger partial charge < -0.3 is 0 Å². The predicted octanol–water partition coefficient (Wildman–Crippen LogP) is 5.70. The van der Waals surface area contributed by atoms with Crippen LogP contribution in [-0.2, 0) is 16.0 Å². The van der Waals surface area contributed by atoms with Crippen molar-refractivity contribution in [1.29, 1.82) is 0 Å². The van der Waals surface area contributed by atoms with Crippen LogP contribution in [0, 0.1) is 0 Å². The van der Waals surface area contributed by atoms with E-state index in [-0.39, 0.29) is 16.6 Å². The Morgan fingerprint density at radius 3 is 2.38 bits per heavy atom. The smallest absolute Gasteiger partial charge is 0.290 e. The molecule has 34 heavy (non-hydrogen) atoms. The Bertz CT molecular complexity index is 1260. The van der Waals surface area contributed by atoms with Gasteiger partial charge in [-0.2, -0.15) is 0 Å². The average Bonchev–Trinajstić information content (AvgIpc) is 3.37. The molecule has 0 unspecified atom stereocenters. The molecule has 10 heteroatoms. The molecule has 0 saturated carbocycles. The second-order valence-electron chi connectivity index (χ2n) is 8.54. The molecule has 7 nitrogen and oxygen atoms in total. The maximum absolute atomic E-state index is 12.6. The first-order valence-electron chi connectivity index (χ1n) is 10.4. The van der Waals surface area contributed by atoms with Crippen LogP contribution in [0.15, 0.2) is 57.8 Å². The Hall–Kier alpha value is -2.95. The molecule has 1 aliphatic heterocycles. The molecule has 0 spiro atoms. The number of hydrogen-bond donors (Lipinski definition) is 2. The highest BCUT2D eigenvalue weighted by molar-refractivity contribution is 8.18. The van der Waals surface area contributed by atoms with Crippen molar-refractivity contribution >= 4 is 63.1 Å². The molecule has 2 heterocycles. The molecule has 1 saturated heterocycles. The number of rotatable bonds is 6. The molecular weight excluding hydrogens is 488 g/mol. The van der Waals surface area contributed by atoms with Gasteiger partial charge in [-0.3, -0.25) is 25.0 Å². The Balaban J connectivity index is 1.32. The molecule has 0 radical (unpaired) electrons. The van der Waals surface area contributed by atoms with E-state index in [4.69, 9.17) is 0 Å². The standard InChI is InChI=1S/C24H22N4O3S3/c1-24(2,3)17-10-6-15(7-11-17)13-32-23-28-27-21(34-23)25-19(29)16-8-4-14(5-9-16)12-18-20(30)26-22(31)33-18/h4-12H,13H2,1-3H3,(H,25,27,29)(H,26,30,31)/b18-12-. The molecular formula is C24H22N4O3S3. The number of nitrogens with zero attached hydrogens (tertiary/aromatic N) is 2. The topological polar surface area (TPSA) is 101 Å². The van der Waals surface area contributed by atoms with Gasteiger partial charge in [-0.1, -0.05) is 80.3 Å². The van der Waals surface area contributed by atoms with Crippen LogP contribution >= 0.6 is 34.9 Å². The van der Waals surface area contributed by atoms with Crippen molar-refractivity contribution in [2.45, 2.75) is 36.3 Å². The summed E-state index contributed by atoms with van der Waals surface area (Å²) in [5.74, 6) is 0.0582. The van der Waals surface area contributed by atoms with Crippen LogP contribution in [0.25, 0.3) is 6.08 Å². The van der Waals surface area contributed by atoms with Crippen molar-refractivity contribution in [3.63, 3.8) is 0 Å². The van der Waals surface area contributed by atoms with Crippen LogP contribution in [-0.4, -0.2) is 27.3 Å². The maximum Gasteiger partial charge on any atom is 0.290 e. The third-order valence-electron chi connectivity index (χ3n) is 4.92. The summed E-state index contributed by atoms with van der Waals surface area (Å²) in [4.78, 5) is 35.8. The predicted molar refractivity (Wildman–Crippen MR) is 138 cm³/mol. The monoisotopic (exact) mass is 510 g/mol. The van der Waals surface area contributed by atoms with Gasteiger partial charge in [0.2, 0.25) is 5.13 Å². The zero-order chi connectivity index (χ0) is 24.3. The maximum atomic E-state index is 12.6. The van der Waals surface area contributed by atoms with E-state index < -0.39 is 5.91 Å². The number of hydrogen-bond acceptors (Lipinski definition) is 8. The fourth-order valence-electron chi connectivity index (χ4n) is 3.04. The van der Waals surface area contributed by atoms with E-state index in [1.165, 1.54) is 22.5 Å². The van der Waals surface area contributed by atoms with Gasteiger partial charge in [0.1, 0.15) is 0 Å². The number of carbonyl (C=O) groups excluding carboxylic acids is 3. The van der Waals surface area contributed by atoms with E-state index in [1.807, 2.05) is 0 Å².